The zero-order valence-electron chi connectivity index (χ0n) is 9.47. The Bertz CT molecular complexity index is 352. The molecule has 1 aromatic rings. The second kappa shape index (κ2) is 7.45. The molecule has 1 rings (SSSR count). The quantitative estimate of drug-likeness (QED) is 0.547. The van der Waals surface area contributed by atoms with E-state index < -0.39 is 0 Å². The van der Waals surface area contributed by atoms with E-state index in [1.54, 1.807) is 0 Å². The minimum absolute atomic E-state index is 0.363. The molecule has 0 aliphatic heterocycles. The third-order valence-corrected chi connectivity index (χ3v) is 3.77. The summed E-state index contributed by atoms with van der Waals surface area (Å²) in [5.74, 6) is 0. The molecule has 0 spiro atoms. The van der Waals surface area contributed by atoms with Crippen LogP contribution in [0.2, 0.25) is 0 Å². The molecule has 3 heteroatoms. The summed E-state index contributed by atoms with van der Waals surface area (Å²) >= 11 is 5.96. The summed E-state index contributed by atoms with van der Waals surface area (Å²) < 4.78 is 2.44. The smallest absolute Gasteiger partial charge is 0.0366 e. The summed E-state index contributed by atoms with van der Waals surface area (Å²) in [6.07, 6.45) is 4.08. The molecular formula is C13H17BrIN. The van der Waals surface area contributed by atoms with Gasteiger partial charge < -0.3 is 5.32 Å². The van der Waals surface area contributed by atoms with Crippen molar-refractivity contribution in [3.63, 3.8) is 0 Å². The molecule has 0 saturated carbocycles. The standard InChI is InChI=1S/C13H17BrIN/c1-3-5-13(16-8-4-2)11-9-10(15)6-7-12(11)14/h3,6-7,9,13,16H,1,4-5,8H2,2H3. The predicted molar refractivity (Wildman–Crippen MR) is 82.7 cm³/mol. The molecule has 1 unspecified atom stereocenters. The summed E-state index contributed by atoms with van der Waals surface area (Å²) in [7, 11) is 0. The molecule has 1 aromatic carbocycles. The van der Waals surface area contributed by atoms with E-state index in [0.29, 0.717) is 6.04 Å². The molecule has 0 saturated heterocycles. The van der Waals surface area contributed by atoms with Crippen LogP contribution in [0.4, 0.5) is 0 Å². The van der Waals surface area contributed by atoms with E-state index in [4.69, 9.17) is 0 Å². The number of halogens is 2. The Kier molecular flexibility index (Phi) is 6.61. The predicted octanol–water partition coefficient (Wildman–Crippen LogP) is 4.67. The Morgan fingerprint density at radius 1 is 1.56 bits per heavy atom. The van der Waals surface area contributed by atoms with Gasteiger partial charge in [-0.1, -0.05) is 28.9 Å². The highest BCUT2D eigenvalue weighted by Gasteiger charge is 2.12. The molecule has 16 heavy (non-hydrogen) atoms. The van der Waals surface area contributed by atoms with Gasteiger partial charge in [-0.05, 0) is 65.7 Å². The Morgan fingerprint density at radius 2 is 2.31 bits per heavy atom. The van der Waals surface area contributed by atoms with Crippen molar-refractivity contribution in [2.75, 3.05) is 6.54 Å². The molecule has 0 aliphatic rings. The average molecular weight is 394 g/mol. The van der Waals surface area contributed by atoms with Crippen LogP contribution in [0.1, 0.15) is 31.4 Å². The highest BCUT2D eigenvalue weighted by molar-refractivity contribution is 14.1. The van der Waals surface area contributed by atoms with Crippen molar-refractivity contribution in [2.24, 2.45) is 0 Å². The van der Waals surface area contributed by atoms with E-state index in [1.165, 1.54) is 13.6 Å². The van der Waals surface area contributed by atoms with Crippen molar-refractivity contribution < 1.29 is 0 Å². The summed E-state index contributed by atoms with van der Waals surface area (Å²) in [5.41, 5.74) is 1.32. The molecule has 0 aliphatic carbocycles. The Morgan fingerprint density at radius 3 is 2.94 bits per heavy atom. The minimum atomic E-state index is 0.363. The first-order valence-electron chi connectivity index (χ1n) is 5.48. The van der Waals surface area contributed by atoms with Crippen molar-refractivity contribution in [1.82, 2.24) is 5.32 Å². The number of nitrogens with one attached hydrogen (secondary N) is 1. The maximum Gasteiger partial charge on any atom is 0.0366 e. The van der Waals surface area contributed by atoms with Gasteiger partial charge in [0.25, 0.3) is 0 Å². The summed E-state index contributed by atoms with van der Waals surface area (Å²) in [6.45, 7) is 7.05. The van der Waals surface area contributed by atoms with E-state index in [2.05, 4.69) is 75.5 Å². The zero-order chi connectivity index (χ0) is 12.0. The molecule has 0 radical (unpaired) electrons. The lowest BCUT2D eigenvalue weighted by Gasteiger charge is -2.19. The molecule has 0 fully saturated rings. The van der Waals surface area contributed by atoms with Crippen molar-refractivity contribution in [1.29, 1.82) is 0 Å². The Balaban J connectivity index is 2.90. The van der Waals surface area contributed by atoms with Crippen LogP contribution in [0.25, 0.3) is 0 Å². The third-order valence-electron chi connectivity index (χ3n) is 2.38. The number of rotatable bonds is 6. The third kappa shape index (κ3) is 4.18. The van der Waals surface area contributed by atoms with Gasteiger partial charge in [0.15, 0.2) is 0 Å². The molecule has 1 N–H and O–H groups in total. The van der Waals surface area contributed by atoms with E-state index in [1.807, 2.05) is 6.08 Å². The highest BCUT2D eigenvalue weighted by Crippen LogP contribution is 2.27. The Hall–Kier alpha value is 0.130. The normalized spacial score (nSPS) is 12.4. The van der Waals surface area contributed by atoms with Gasteiger partial charge >= 0.3 is 0 Å². The van der Waals surface area contributed by atoms with Crippen LogP contribution in [0.15, 0.2) is 35.3 Å². The largest absolute Gasteiger partial charge is 0.310 e. The average Bonchev–Trinajstić information content (AvgIpc) is 2.28. The second-order valence-corrected chi connectivity index (χ2v) is 5.80. The number of hydrogen-bond donors (Lipinski definition) is 1. The SMILES string of the molecule is C=CCC(NCCC)c1cc(I)ccc1Br. The lowest BCUT2D eigenvalue weighted by Crippen LogP contribution is -2.22. The summed E-state index contributed by atoms with van der Waals surface area (Å²) in [6, 6.07) is 6.81. The van der Waals surface area contributed by atoms with Crippen molar-refractivity contribution >= 4 is 38.5 Å². The van der Waals surface area contributed by atoms with Gasteiger partial charge in [-0.15, -0.1) is 6.58 Å². The van der Waals surface area contributed by atoms with Crippen molar-refractivity contribution in [3.8, 4) is 0 Å². The van der Waals surface area contributed by atoms with Crippen molar-refractivity contribution in [3.05, 3.63) is 44.5 Å². The maximum absolute atomic E-state index is 3.83. The fourth-order valence-electron chi connectivity index (χ4n) is 1.59. The maximum atomic E-state index is 3.83. The van der Waals surface area contributed by atoms with Gasteiger partial charge in [-0.2, -0.15) is 0 Å². The number of benzene rings is 1. The second-order valence-electron chi connectivity index (χ2n) is 3.70. The van der Waals surface area contributed by atoms with E-state index >= 15 is 0 Å². The monoisotopic (exact) mass is 393 g/mol. The van der Waals surface area contributed by atoms with Crippen LogP contribution in [-0.4, -0.2) is 6.54 Å². The lowest BCUT2D eigenvalue weighted by molar-refractivity contribution is 0.535. The molecule has 1 nitrogen and oxygen atoms in total. The van der Waals surface area contributed by atoms with Crippen LogP contribution in [0.3, 0.4) is 0 Å². The number of hydrogen-bond acceptors (Lipinski definition) is 1. The fourth-order valence-corrected chi connectivity index (χ4v) is 2.63. The van der Waals surface area contributed by atoms with E-state index in [-0.39, 0.29) is 0 Å². The van der Waals surface area contributed by atoms with Crippen LogP contribution in [-0.2, 0) is 0 Å². The van der Waals surface area contributed by atoms with Crippen LogP contribution in [0.5, 0.6) is 0 Å². The topological polar surface area (TPSA) is 12.0 Å². The van der Waals surface area contributed by atoms with Gasteiger partial charge in [-0.25, -0.2) is 0 Å². The molecular weight excluding hydrogens is 377 g/mol. The minimum Gasteiger partial charge on any atom is -0.310 e. The fraction of sp³-hybridized carbons (Fsp3) is 0.385. The van der Waals surface area contributed by atoms with Crippen LogP contribution in [0, 0.1) is 3.57 Å². The molecule has 0 amide bonds. The summed E-state index contributed by atoms with van der Waals surface area (Å²) in [5, 5.41) is 3.55. The lowest BCUT2D eigenvalue weighted by atomic mass is 10.0. The molecule has 88 valence electrons. The first-order chi connectivity index (χ1) is 7.69. The molecule has 0 aromatic heterocycles. The van der Waals surface area contributed by atoms with Crippen molar-refractivity contribution in [2.45, 2.75) is 25.8 Å². The van der Waals surface area contributed by atoms with Crippen LogP contribution >= 0.6 is 38.5 Å². The first-order valence-corrected chi connectivity index (χ1v) is 7.35. The van der Waals surface area contributed by atoms with Gasteiger partial charge in [0.05, 0.1) is 0 Å². The van der Waals surface area contributed by atoms with Gasteiger partial charge in [0, 0.05) is 14.1 Å². The molecule has 0 heterocycles. The molecule has 1 atom stereocenters. The van der Waals surface area contributed by atoms with E-state index in [0.717, 1.165) is 19.4 Å². The van der Waals surface area contributed by atoms with Crippen LogP contribution < -0.4 is 5.32 Å². The van der Waals surface area contributed by atoms with E-state index in [9.17, 15) is 0 Å². The van der Waals surface area contributed by atoms with Gasteiger partial charge in [0.2, 0.25) is 0 Å². The van der Waals surface area contributed by atoms with Gasteiger partial charge in [0.1, 0.15) is 0 Å². The zero-order valence-corrected chi connectivity index (χ0v) is 13.2. The van der Waals surface area contributed by atoms with Gasteiger partial charge in [-0.3, -0.25) is 0 Å². The Labute approximate surface area is 120 Å². The summed E-state index contributed by atoms with van der Waals surface area (Å²) in [4.78, 5) is 0. The first kappa shape index (κ1) is 14.2. The highest BCUT2D eigenvalue weighted by atomic mass is 127. The molecule has 0 bridgehead atoms.